The molecule has 0 bridgehead atoms. The predicted molar refractivity (Wildman–Crippen MR) is 230 cm³/mol. The molecular weight excluding hydrogens is 709 g/mol. The molecule has 0 unspecified atom stereocenters. The molecule has 5 heteroatoms. The van der Waals surface area contributed by atoms with Crippen LogP contribution in [0.1, 0.15) is 27.8 Å². The summed E-state index contributed by atoms with van der Waals surface area (Å²) in [6, 6.07) is 72.8. The van der Waals surface area contributed by atoms with Crippen molar-refractivity contribution in [2.24, 2.45) is 0 Å². The first kappa shape index (κ1) is 34.5. The third-order valence-electron chi connectivity index (χ3n) is 10.9. The molecule has 1 aliphatic rings. The third kappa shape index (κ3) is 6.01. The molecular formula is C53H34N4O. The van der Waals surface area contributed by atoms with E-state index in [-0.39, 0.29) is 0 Å². The summed E-state index contributed by atoms with van der Waals surface area (Å²) in [5.74, 6) is 3.45. The first-order valence-electron chi connectivity index (χ1n) is 19.2. The van der Waals surface area contributed by atoms with Crippen molar-refractivity contribution in [3.05, 3.63) is 234 Å². The van der Waals surface area contributed by atoms with Crippen LogP contribution in [0.25, 0.3) is 56.4 Å². The van der Waals surface area contributed by atoms with E-state index < -0.39 is 5.41 Å². The molecule has 272 valence electrons. The van der Waals surface area contributed by atoms with E-state index in [1.165, 1.54) is 11.1 Å². The number of hydrogen-bond acceptors (Lipinski definition) is 5. The van der Waals surface area contributed by atoms with Crippen molar-refractivity contribution >= 4 is 0 Å². The van der Waals surface area contributed by atoms with Crippen molar-refractivity contribution in [2.45, 2.75) is 5.41 Å². The lowest BCUT2D eigenvalue weighted by Crippen LogP contribution is -2.34. The number of para-hydroxylation sites is 1. The van der Waals surface area contributed by atoms with Gasteiger partial charge in [-0.05, 0) is 57.6 Å². The molecule has 1 aromatic heterocycles. The van der Waals surface area contributed by atoms with E-state index in [1.807, 2.05) is 72.8 Å². The van der Waals surface area contributed by atoms with Crippen LogP contribution >= 0.6 is 0 Å². The highest BCUT2D eigenvalue weighted by Crippen LogP contribution is 2.57. The fourth-order valence-corrected chi connectivity index (χ4v) is 8.20. The highest BCUT2D eigenvalue weighted by molar-refractivity contribution is 5.82. The standard InChI is InChI=1S/C53H34N4O/c54-35-36-23-25-37(26-24-36)38-27-31-41(32-28-38)51-55-50(40-13-4-1-5-14-40)56-52(57-51)42-33-29-39(30-34-42)45-19-12-22-48-49(45)53(43-15-6-2-7-16-43,44-17-8-3-9-18-44)46-20-10-11-21-47(46)58-48/h1-34H. The van der Waals surface area contributed by atoms with E-state index in [0.29, 0.717) is 23.0 Å². The third-order valence-corrected chi connectivity index (χ3v) is 10.9. The lowest BCUT2D eigenvalue weighted by molar-refractivity contribution is 0.435. The van der Waals surface area contributed by atoms with Gasteiger partial charge < -0.3 is 4.74 Å². The number of ether oxygens (including phenoxy) is 1. The molecule has 9 aromatic rings. The van der Waals surface area contributed by atoms with E-state index in [9.17, 15) is 5.26 Å². The van der Waals surface area contributed by atoms with Gasteiger partial charge in [-0.3, -0.25) is 0 Å². The molecule has 0 radical (unpaired) electrons. The fraction of sp³-hybridized carbons (Fsp3) is 0.0189. The van der Waals surface area contributed by atoms with Gasteiger partial charge in [0.05, 0.1) is 17.0 Å². The van der Waals surface area contributed by atoms with Gasteiger partial charge in [0.1, 0.15) is 11.5 Å². The average molecular weight is 743 g/mol. The maximum atomic E-state index is 9.23. The first-order chi connectivity index (χ1) is 28.7. The van der Waals surface area contributed by atoms with Gasteiger partial charge >= 0.3 is 0 Å². The Balaban J connectivity index is 1.09. The van der Waals surface area contributed by atoms with Crippen LogP contribution in [0.15, 0.2) is 206 Å². The van der Waals surface area contributed by atoms with Crippen LogP contribution in [-0.4, -0.2) is 15.0 Å². The van der Waals surface area contributed by atoms with Gasteiger partial charge in [0.25, 0.3) is 0 Å². The SMILES string of the molecule is N#Cc1ccc(-c2ccc(-c3nc(-c4ccccc4)nc(-c4ccc(-c5cccc6c5C(c5ccccc5)(c5ccccc5)c5ccccc5O6)cc4)n3)cc2)cc1. The van der Waals surface area contributed by atoms with Gasteiger partial charge in [0.15, 0.2) is 17.5 Å². The number of benzene rings is 8. The van der Waals surface area contributed by atoms with Gasteiger partial charge in [-0.25, -0.2) is 15.0 Å². The van der Waals surface area contributed by atoms with Crippen molar-refractivity contribution in [2.75, 3.05) is 0 Å². The normalized spacial score (nSPS) is 12.4. The molecule has 0 saturated heterocycles. The minimum Gasteiger partial charge on any atom is -0.457 e. The predicted octanol–water partition coefficient (Wildman–Crippen LogP) is 12.6. The molecule has 0 spiro atoms. The highest BCUT2D eigenvalue weighted by atomic mass is 16.5. The lowest BCUT2D eigenvalue weighted by Gasteiger charge is -2.42. The minimum atomic E-state index is -0.648. The molecule has 0 N–H and O–H groups in total. The number of aromatic nitrogens is 3. The Bertz CT molecular complexity index is 2900. The molecule has 8 aromatic carbocycles. The minimum absolute atomic E-state index is 0.585. The van der Waals surface area contributed by atoms with Crippen molar-refractivity contribution in [3.63, 3.8) is 0 Å². The van der Waals surface area contributed by atoms with Gasteiger partial charge in [0, 0.05) is 27.8 Å². The molecule has 0 aliphatic carbocycles. The molecule has 58 heavy (non-hydrogen) atoms. The summed E-state index contributed by atoms with van der Waals surface area (Å²) in [7, 11) is 0. The molecule has 0 saturated carbocycles. The van der Waals surface area contributed by atoms with E-state index in [0.717, 1.165) is 61.6 Å². The van der Waals surface area contributed by atoms with Crippen LogP contribution in [0.5, 0.6) is 11.5 Å². The van der Waals surface area contributed by atoms with E-state index >= 15 is 0 Å². The molecule has 0 amide bonds. The molecule has 0 fully saturated rings. The molecule has 0 atom stereocenters. The maximum Gasteiger partial charge on any atom is 0.164 e. The van der Waals surface area contributed by atoms with Crippen molar-refractivity contribution in [1.82, 2.24) is 15.0 Å². The summed E-state index contributed by atoms with van der Waals surface area (Å²) in [4.78, 5) is 15.0. The number of hydrogen-bond donors (Lipinski definition) is 0. The average Bonchev–Trinajstić information content (AvgIpc) is 3.31. The molecule has 1 aliphatic heterocycles. The Labute approximate surface area is 337 Å². The summed E-state index contributed by atoms with van der Waals surface area (Å²) in [5.41, 5.74) is 11.4. The summed E-state index contributed by atoms with van der Waals surface area (Å²) >= 11 is 0. The Kier molecular flexibility index (Phi) is 8.70. The number of fused-ring (bicyclic) bond motifs is 2. The van der Waals surface area contributed by atoms with Gasteiger partial charge in [-0.1, -0.05) is 182 Å². The lowest BCUT2D eigenvalue weighted by atomic mass is 9.62. The number of nitriles is 1. The van der Waals surface area contributed by atoms with Crippen LogP contribution in [-0.2, 0) is 5.41 Å². The molecule has 2 heterocycles. The van der Waals surface area contributed by atoms with Crippen LogP contribution in [0, 0.1) is 11.3 Å². The van der Waals surface area contributed by atoms with Gasteiger partial charge in [-0.2, -0.15) is 5.26 Å². The summed E-state index contributed by atoms with van der Waals surface area (Å²) in [5, 5.41) is 9.23. The number of rotatable bonds is 7. The zero-order chi connectivity index (χ0) is 38.9. The highest BCUT2D eigenvalue weighted by Gasteiger charge is 2.46. The zero-order valence-electron chi connectivity index (χ0n) is 31.3. The van der Waals surface area contributed by atoms with Crippen LogP contribution in [0.4, 0.5) is 0 Å². The van der Waals surface area contributed by atoms with E-state index in [4.69, 9.17) is 19.7 Å². The summed E-state index contributed by atoms with van der Waals surface area (Å²) < 4.78 is 6.74. The second-order valence-corrected chi connectivity index (χ2v) is 14.3. The summed E-state index contributed by atoms with van der Waals surface area (Å²) in [6.07, 6.45) is 0. The Morgan fingerprint density at radius 1 is 0.379 bits per heavy atom. The number of nitrogens with zero attached hydrogens (tertiary/aromatic N) is 4. The van der Waals surface area contributed by atoms with Crippen LogP contribution in [0.3, 0.4) is 0 Å². The Hall–Kier alpha value is -7.94. The zero-order valence-corrected chi connectivity index (χ0v) is 31.3. The van der Waals surface area contributed by atoms with Crippen molar-refractivity contribution < 1.29 is 4.74 Å². The second-order valence-electron chi connectivity index (χ2n) is 14.3. The molecule has 5 nitrogen and oxygen atoms in total. The Morgan fingerprint density at radius 3 is 1.36 bits per heavy atom. The Morgan fingerprint density at radius 2 is 0.810 bits per heavy atom. The van der Waals surface area contributed by atoms with Crippen LogP contribution < -0.4 is 4.74 Å². The smallest absolute Gasteiger partial charge is 0.164 e. The quantitative estimate of drug-likeness (QED) is 0.163. The fourth-order valence-electron chi connectivity index (χ4n) is 8.20. The van der Waals surface area contributed by atoms with Gasteiger partial charge in [-0.15, -0.1) is 0 Å². The van der Waals surface area contributed by atoms with Crippen LogP contribution in [0.2, 0.25) is 0 Å². The van der Waals surface area contributed by atoms with Crippen molar-refractivity contribution in [1.29, 1.82) is 5.26 Å². The maximum absolute atomic E-state index is 9.23. The van der Waals surface area contributed by atoms with E-state index in [1.54, 1.807) is 0 Å². The largest absolute Gasteiger partial charge is 0.457 e. The topological polar surface area (TPSA) is 71.7 Å². The first-order valence-corrected chi connectivity index (χ1v) is 19.2. The van der Waals surface area contributed by atoms with E-state index in [2.05, 4.69) is 140 Å². The second kappa shape index (κ2) is 14.6. The summed E-state index contributed by atoms with van der Waals surface area (Å²) in [6.45, 7) is 0. The molecule has 10 rings (SSSR count). The van der Waals surface area contributed by atoms with Gasteiger partial charge in [0.2, 0.25) is 0 Å². The monoisotopic (exact) mass is 742 g/mol. The van der Waals surface area contributed by atoms with Crippen molar-refractivity contribution in [3.8, 4) is 74.0 Å².